The Morgan fingerprint density at radius 1 is 1.05 bits per heavy atom. The largest absolute Gasteiger partial charge is 0.353 e. The molecule has 0 aromatic carbocycles. The van der Waals surface area contributed by atoms with Gasteiger partial charge in [0.25, 0.3) is 0 Å². The summed E-state index contributed by atoms with van der Waals surface area (Å²) >= 11 is 0. The zero-order chi connectivity index (χ0) is 14.8. The summed E-state index contributed by atoms with van der Waals surface area (Å²) in [6.07, 6.45) is 0. The van der Waals surface area contributed by atoms with E-state index in [1.807, 2.05) is 0 Å². The third-order valence-corrected chi connectivity index (χ3v) is 2.46. The van der Waals surface area contributed by atoms with Crippen LogP contribution in [0.25, 0.3) is 0 Å². The van der Waals surface area contributed by atoms with Crippen molar-refractivity contribution in [3.8, 4) is 0 Å². The van der Waals surface area contributed by atoms with Crippen molar-refractivity contribution in [3.63, 3.8) is 0 Å². The molecule has 110 valence electrons. The molecule has 0 rings (SSSR count). The van der Waals surface area contributed by atoms with Gasteiger partial charge in [-0.05, 0) is 20.9 Å². The summed E-state index contributed by atoms with van der Waals surface area (Å²) in [6.45, 7) is 3.76. The van der Waals surface area contributed by atoms with E-state index in [0.29, 0.717) is 13.1 Å². The maximum Gasteiger partial charge on any atom is 0.242 e. The van der Waals surface area contributed by atoms with Crippen molar-refractivity contribution in [3.05, 3.63) is 0 Å². The van der Waals surface area contributed by atoms with E-state index in [0.717, 1.165) is 0 Å². The highest BCUT2D eigenvalue weighted by molar-refractivity contribution is 5.90. The Labute approximate surface area is 112 Å². The highest BCUT2D eigenvalue weighted by Gasteiger charge is 2.16. The van der Waals surface area contributed by atoms with Crippen molar-refractivity contribution in [2.45, 2.75) is 25.9 Å². The normalized spacial score (nSPS) is 13.3. The van der Waals surface area contributed by atoms with Gasteiger partial charge in [0.15, 0.2) is 0 Å². The molecule has 0 radical (unpaired) electrons. The first kappa shape index (κ1) is 17.3. The summed E-state index contributed by atoms with van der Waals surface area (Å²) in [5.41, 5.74) is 5.25. The van der Waals surface area contributed by atoms with E-state index in [9.17, 15) is 14.4 Å². The number of nitrogens with one attached hydrogen (secondary N) is 4. The second kappa shape index (κ2) is 9.29. The first-order valence-corrected chi connectivity index (χ1v) is 6.14. The highest BCUT2D eigenvalue weighted by atomic mass is 16.2. The van der Waals surface area contributed by atoms with Crippen molar-refractivity contribution in [2.75, 3.05) is 26.7 Å². The van der Waals surface area contributed by atoms with Crippen LogP contribution < -0.4 is 27.0 Å². The average Bonchev–Trinajstić information content (AvgIpc) is 2.40. The smallest absolute Gasteiger partial charge is 0.242 e. The molecule has 0 aliphatic carbocycles. The lowest BCUT2D eigenvalue weighted by molar-refractivity contribution is -0.129. The molecule has 0 aromatic heterocycles. The van der Waals surface area contributed by atoms with E-state index in [-0.39, 0.29) is 24.4 Å². The fourth-order valence-electron chi connectivity index (χ4n) is 1.16. The molecule has 0 aliphatic heterocycles. The van der Waals surface area contributed by atoms with Gasteiger partial charge in [-0.2, -0.15) is 0 Å². The van der Waals surface area contributed by atoms with Crippen LogP contribution in [0.5, 0.6) is 0 Å². The Morgan fingerprint density at radius 3 is 2.16 bits per heavy atom. The molecule has 6 N–H and O–H groups in total. The van der Waals surface area contributed by atoms with Crippen molar-refractivity contribution in [1.82, 2.24) is 21.3 Å². The van der Waals surface area contributed by atoms with E-state index in [1.54, 1.807) is 20.9 Å². The van der Waals surface area contributed by atoms with Crippen LogP contribution in [0.3, 0.4) is 0 Å². The van der Waals surface area contributed by atoms with Crippen molar-refractivity contribution < 1.29 is 14.4 Å². The third-order valence-electron chi connectivity index (χ3n) is 2.46. The van der Waals surface area contributed by atoms with E-state index >= 15 is 0 Å². The van der Waals surface area contributed by atoms with E-state index in [4.69, 9.17) is 5.73 Å². The molecule has 0 aromatic rings. The predicted octanol–water partition coefficient (Wildman–Crippen LogP) is -2.71. The monoisotopic (exact) mass is 273 g/mol. The molecule has 2 unspecified atom stereocenters. The number of carbonyl (C=O) groups is 3. The molecular formula is C11H23N5O3. The molecule has 0 saturated heterocycles. The molecule has 2 atom stereocenters. The zero-order valence-electron chi connectivity index (χ0n) is 11.6. The minimum atomic E-state index is -0.669. The lowest BCUT2D eigenvalue weighted by Crippen LogP contribution is -2.50. The van der Waals surface area contributed by atoms with Gasteiger partial charge in [-0.1, -0.05) is 0 Å². The topological polar surface area (TPSA) is 125 Å². The third kappa shape index (κ3) is 7.37. The van der Waals surface area contributed by atoms with Crippen molar-refractivity contribution in [2.24, 2.45) is 5.73 Å². The Balaban J connectivity index is 3.97. The van der Waals surface area contributed by atoms with E-state index < -0.39 is 11.9 Å². The second-order valence-corrected chi connectivity index (χ2v) is 4.10. The van der Waals surface area contributed by atoms with Crippen LogP contribution in [-0.4, -0.2) is 56.5 Å². The Morgan fingerprint density at radius 2 is 1.63 bits per heavy atom. The number of hydrogen-bond acceptors (Lipinski definition) is 5. The lowest BCUT2D eigenvalue weighted by Gasteiger charge is -2.15. The number of carbonyl (C=O) groups excluding carboxylic acids is 3. The summed E-state index contributed by atoms with van der Waals surface area (Å²) < 4.78 is 0. The lowest BCUT2D eigenvalue weighted by atomic mass is 10.3. The Hall–Kier alpha value is -1.67. The summed E-state index contributed by atoms with van der Waals surface area (Å²) in [6, 6.07) is -1.05. The van der Waals surface area contributed by atoms with Gasteiger partial charge >= 0.3 is 0 Å². The average molecular weight is 273 g/mol. The summed E-state index contributed by atoms with van der Waals surface area (Å²) in [5.74, 6) is -1.02. The Bertz CT molecular complexity index is 321. The van der Waals surface area contributed by atoms with Crippen LogP contribution in [0.1, 0.15) is 13.8 Å². The first-order valence-electron chi connectivity index (χ1n) is 6.14. The molecule has 8 nitrogen and oxygen atoms in total. The summed E-state index contributed by atoms with van der Waals surface area (Å²) in [4.78, 5) is 34.3. The van der Waals surface area contributed by atoms with Crippen LogP contribution in [0.2, 0.25) is 0 Å². The maximum atomic E-state index is 11.5. The zero-order valence-corrected chi connectivity index (χ0v) is 11.6. The number of rotatable bonds is 8. The fourth-order valence-corrected chi connectivity index (χ4v) is 1.16. The van der Waals surface area contributed by atoms with Gasteiger partial charge in [-0.25, -0.2) is 0 Å². The molecule has 0 fully saturated rings. The molecule has 0 heterocycles. The van der Waals surface area contributed by atoms with Crippen molar-refractivity contribution in [1.29, 1.82) is 0 Å². The second-order valence-electron chi connectivity index (χ2n) is 4.10. The van der Waals surface area contributed by atoms with Gasteiger partial charge in [-0.15, -0.1) is 0 Å². The van der Waals surface area contributed by atoms with Gasteiger partial charge in [0.05, 0.1) is 12.6 Å². The summed E-state index contributed by atoms with van der Waals surface area (Å²) in [5, 5.41) is 10.2. The van der Waals surface area contributed by atoms with Crippen LogP contribution in [0.4, 0.5) is 0 Å². The highest BCUT2D eigenvalue weighted by Crippen LogP contribution is 1.83. The standard InChI is InChI=1S/C11H23N5O3/c1-7(13-3)10(18)15-6-9(17)16-8(2)11(19)14-5-4-12/h7-8,13H,4-6,12H2,1-3H3,(H,14,19)(H,15,18)(H,16,17). The van der Waals surface area contributed by atoms with E-state index in [2.05, 4.69) is 21.3 Å². The fraction of sp³-hybridized carbons (Fsp3) is 0.727. The Kier molecular flexibility index (Phi) is 8.47. The van der Waals surface area contributed by atoms with E-state index in [1.165, 1.54) is 0 Å². The molecular weight excluding hydrogens is 250 g/mol. The minimum absolute atomic E-state index is 0.167. The van der Waals surface area contributed by atoms with Gasteiger partial charge in [0.1, 0.15) is 6.04 Å². The number of hydrogen-bond donors (Lipinski definition) is 5. The quantitative estimate of drug-likeness (QED) is 0.329. The van der Waals surface area contributed by atoms with Crippen LogP contribution in [0, 0.1) is 0 Å². The van der Waals surface area contributed by atoms with Gasteiger partial charge in [0.2, 0.25) is 17.7 Å². The van der Waals surface area contributed by atoms with Crippen LogP contribution >= 0.6 is 0 Å². The molecule has 0 aliphatic rings. The number of amides is 3. The van der Waals surface area contributed by atoms with Crippen molar-refractivity contribution >= 4 is 17.7 Å². The first-order chi connectivity index (χ1) is 8.92. The minimum Gasteiger partial charge on any atom is -0.353 e. The number of nitrogens with two attached hydrogens (primary N) is 1. The van der Waals surface area contributed by atoms with Gasteiger partial charge < -0.3 is 27.0 Å². The molecule has 0 saturated carbocycles. The van der Waals surface area contributed by atoms with Crippen LogP contribution in [-0.2, 0) is 14.4 Å². The van der Waals surface area contributed by atoms with Crippen LogP contribution in [0.15, 0.2) is 0 Å². The molecule has 19 heavy (non-hydrogen) atoms. The SMILES string of the molecule is CNC(C)C(=O)NCC(=O)NC(C)C(=O)NCCN. The maximum absolute atomic E-state index is 11.5. The molecule has 3 amide bonds. The molecule has 0 bridgehead atoms. The number of likely N-dealkylation sites (N-methyl/N-ethyl adjacent to an activating group) is 1. The van der Waals surface area contributed by atoms with Gasteiger partial charge in [-0.3, -0.25) is 14.4 Å². The molecule has 8 heteroatoms. The molecule has 0 spiro atoms. The summed E-state index contributed by atoms with van der Waals surface area (Å²) in [7, 11) is 1.65. The predicted molar refractivity (Wildman–Crippen MR) is 71.2 cm³/mol. The van der Waals surface area contributed by atoms with Gasteiger partial charge in [0, 0.05) is 13.1 Å².